The zero-order valence-electron chi connectivity index (χ0n) is 17.9. The molecule has 0 atom stereocenters. The molecule has 0 aliphatic heterocycles. The van der Waals surface area contributed by atoms with Gasteiger partial charge in [0.25, 0.3) is 10.0 Å². The average molecular weight is 453 g/mol. The van der Waals surface area contributed by atoms with Crippen LogP contribution in [0.25, 0.3) is 17.0 Å². The zero-order chi connectivity index (χ0) is 22.6. The Kier molecular flexibility index (Phi) is 6.27. The van der Waals surface area contributed by atoms with Gasteiger partial charge in [-0.05, 0) is 55.0 Å². The Morgan fingerprint density at radius 2 is 1.94 bits per heavy atom. The van der Waals surface area contributed by atoms with E-state index in [-0.39, 0.29) is 4.90 Å². The molecule has 0 bridgehead atoms. The van der Waals surface area contributed by atoms with Gasteiger partial charge >= 0.3 is 0 Å². The standard InChI is InChI=1S/C23H24N4O4S/c1-3-4-14-31-18-7-9-19(10-8-18)32(28,29)26-20-15-17(6-11-22(20)30-2)21-16-27-13-5-12-24-23(27)25-21/h5-13,15-16,26H,3-4,14H2,1-2H3. The van der Waals surface area contributed by atoms with Crippen molar-refractivity contribution in [3.05, 3.63) is 67.1 Å². The number of rotatable bonds is 9. The molecular formula is C23H24N4O4S. The predicted molar refractivity (Wildman–Crippen MR) is 123 cm³/mol. The normalized spacial score (nSPS) is 11.4. The molecule has 9 heteroatoms. The molecule has 4 rings (SSSR count). The van der Waals surface area contributed by atoms with Gasteiger partial charge in [0.15, 0.2) is 0 Å². The summed E-state index contributed by atoms with van der Waals surface area (Å²) in [5.41, 5.74) is 1.72. The fourth-order valence-corrected chi connectivity index (χ4v) is 4.23. The van der Waals surface area contributed by atoms with E-state index in [1.54, 1.807) is 34.9 Å². The average Bonchev–Trinajstić information content (AvgIpc) is 3.24. The largest absolute Gasteiger partial charge is 0.495 e. The molecule has 0 saturated heterocycles. The summed E-state index contributed by atoms with van der Waals surface area (Å²) in [6.45, 7) is 2.68. The first kappa shape index (κ1) is 21.6. The predicted octanol–water partition coefficient (Wildman–Crippen LogP) is 4.38. The fourth-order valence-electron chi connectivity index (χ4n) is 3.17. The molecule has 0 aliphatic carbocycles. The number of methoxy groups -OCH3 is 1. The number of sulfonamides is 1. The van der Waals surface area contributed by atoms with E-state index in [9.17, 15) is 8.42 Å². The maximum atomic E-state index is 13.0. The number of ether oxygens (including phenoxy) is 2. The Balaban J connectivity index is 1.60. The molecule has 2 heterocycles. The summed E-state index contributed by atoms with van der Waals surface area (Å²) in [5, 5.41) is 0. The third-order valence-electron chi connectivity index (χ3n) is 4.88. The first-order valence-corrected chi connectivity index (χ1v) is 11.7. The molecule has 0 fully saturated rings. The van der Waals surface area contributed by atoms with Crippen LogP contribution in [0.4, 0.5) is 5.69 Å². The van der Waals surface area contributed by atoms with E-state index in [0.29, 0.717) is 35.3 Å². The van der Waals surface area contributed by atoms with Crippen LogP contribution in [0.1, 0.15) is 19.8 Å². The lowest BCUT2D eigenvalue weighted by Crippen LogP contribution is -2.13. The number of benzene rings is 2. The van der Waals surface area contributed by atoms with Gasteiger partial charge in [-0.2, -0.15) is 0 Å². The van der Waals surface area contributed by atoms with Crippen molar-refractivity contribution in [2.45, 2.75) is 24.7 Å². The highest BCUT2D eigenvalue weighted by Gasteiger charge is 2.18. The number of fused-ring (bicyclic) bond motifs is 1. The second-order valence-corrected chi connectivity index (χ2v) is 8.83. The van der Waals surface area contributed by atoms with E-state index in [1.165, 1.54) is 19.2 Å². The van der Waals surface area contributed by atoms with E-state index >= 15 is 0 Å². The first-order chi connectivity index (χ1) is 15.5. The van der Waals surface area contributed by atoms with Gasteiger partial charge in [0.05, 0.1) is 30.0 Å². The van der Waals surface area contributed by atoms with Gasteiger partial charge in [0.1, 0.15) is 11.5 Å². The summed E-state index contributed by atoms with van der Waals surface area (Å²) in [6.07, 6.45) is 7.32. The van der Waals surface area contributed by atoms with Crippen LogP contribution < -0.4 is 14.2 Å². The Hall–Kier alpha value is -3.59. The molecule has 166 valence electrons. The van der Waals surface area contributed by atoms with Crippen LogP contribution in [-0.4, -0.2) is 36.5 Å². The lowest BCUT2D eigenvalue weighted by Gasteiger charge is -2.13. The van der Waals surface area contributed by atoms with Crippen LogP contribution in [-0.2, 0) is 10.0 Å². The molecule has 0 radical (unpaired) electrons. The molecule has 8 nitrogen and oxygen atoms in total. The van der Waals surface area contributed by atoms with E-state index < -0.39 is 10.0 Å². The van der Waals surface area contributed by atoms with Crippen LogP contribution >= 0.6 is 0 Å². The monoisotopic (exact) mass is 452 g/mol. The highest BCUT2D eigenvalue weighted by molar-refractivity contribution is 7.92. The van der Waals surface area contributed by atoms with Crippen molar-refractivity contribution in [2.75, 3.05) is 18.4 Å². The van der Waals surface area contributed by atoms with Crippen LogP contribution in [0.3, 0.4) is 0 Å². The van der Waals surface area contributed by atoms with Crippen LogP contribution in [0.5, 0.6) is 11.5 Å². The lowest BCUT2D eigenvalue weighted by molar-refractivity contribution is 0.309. The van der Waals surface area contributed by atoms with Gasteiger partial charge in [0, 0.05) is 24.2 Å². The van der Waals surface area contributed by atoms with E-state index in [1.807, 2.05) is 24.5 Å². The molecule has 2 aromatic carbocycles. The second-order valence-electron chi connectivity index (χ2n) is 7.15. The van der Waals surface area contributed by atoms with E-state index in [0.717, 1.165) is 18.4 Å². The van der Waals surface area contributed by atoms with Crippen molar-refractivity contribution < 1.29 is 17.9 Å². The van der Waals surface area contributed by atoms with Gasteiger partial charge < -0.3 is 9.47 Å². The van der Waals surface area contributed by atoms with Crippen molar-refractivity contribution in [3.63, 3.8) is 0 Å². The van der Waals surface area contributed by atoms with Crippen LogP contribution in [0.2, 0.25) is 0 Å². The van der Waals surface area contributed by atoms with Crippen molar-refractivity contribution in [2.24, 2.45) is 0 Å². The molecule has 2 aromatic heterocycles. The molecule has 0 spiro atoms. The molecular weight excluding hydrogens is 428 g/mol. The summed E-state index contributed by atoms with van der Waals surface area (Å²) in [4.78, 5) is 8.84. The Labute approximate surface area is 186 Å². The number of unbranched alkanes of at least 4 members (excludes halogenated alkanes) is 1. The quantitative estimate of drug-likeness (QED) is 0.379. The summed E-state index contributed by atoms with van der Waals surface area (Å²) < 4.78 is 41.4. The SMILES string of the molecule is CCCCOc1ccc(S(=O)(=O)Nc2cc(-c3cn4cccnc4n3)ccc2OC)cc1. The number of nitrogens with one attached hydrogen (secondary N) is 1. The Bertz CT molecular complexity index is 1280. The van der Waals surface area contributed by atoms with Crippen LogP contribution in [0.15, 0.2) is 72.0 Å². The smallest absolute Gasteiger partial charge is 0.262 e. The number of aromatic nitrogens is 3. The minimum absolute atomic E-state index is 0.129. The van der Waals surface area contributed by atoms with Crippen LogP contribution in [0, 0.1) is 0 Å². The summed E-state index contributed by atoms with van der Waals surface area (Å²) >= 11 is 0. The molecule has 0 aliphatic rings. The molecule has 4 aromatic rings. The van der Waals surface area contributed by atoms with Gasteiger partial charge in [-0.15, -0.1) is 0 Å². The highest BCUT2D eigenvalue weighted by Crippen LogP contribution is 2.32. The summed E-state index contributed by atoms with van der Waals surface area (Å²) in [7, 11) is -2.34. The summed E-state index contributed by atoms with van der Waals surface area (Å²) in [6, 6.07) is 13.4. The third kappa shape index (κ3) is 4.67. The zero-order valence-corrected chi connectivity index (χ0v) is 18.7. The second kappa shape index (κ2) is 9.27. The number of nitrogens with zero attached hydrogens (tertiary/aromatic N) is 3. The first-order valence-electron chi connectivity index (χ1n) is 10.2. The number of hydrogen-bond donors (Lipinski definition) is 1. The van der Waals surface area contributed by atoms with E-state index in [2.05, 4.69) is 21.6 Å². The van der Waals surface area contributed by atoms with Crippen molar-refractivity contribution in [3.8, 4) is 22.8 Å². The van der Waals surface area contributed by atoms with Crippen molar-refractivity contribution in [1.82, 2.24) is 14.4 Å². The molecule has 1 N–H and O–H groups in total. The minimum Gasteiger partial charge on any atom is -0.495 e. The maximum Gasteiger partial charge on any atom is 0.262 e. The van der Waals surface area contributed by atoms with Gasteiger partial charge in [0.2, 0.25) is 5.78 Å². The number of imidazole rings is 1. The van der Waals surface area contributed by atoms with Gasteiger partial charge in [-0.25, -0.2) is 18.4 Å². The molecule has 0 unspecified atom stereocenters. The lowest BCUT2D eigenvalue weighted by atomic mass is 10.1. The Morgan fingerprint density at radius 3 is 2.66 bits per heavy atom. The van der Waals surface area contributed by atoms with Gasteiger partial charge in [-0.3, -0.25) is 9.12 Å². The van der Waals surface area contributed by atoms with Gasteiger partial charge in [-0.1, -0.05) is 13.3 Å². The molecule has 0 amide bonds. The third-order valence-corrected chi connectivity index (χ3v) is 6.26. The van der Waals surface area contributed by atoms with Crippen molar-refractivity contribution in [1.29, 1.82) is 0 Å². The topological polar surface area (TPSA) is 94.8 Å². The molecule has 0 saturated carbocycles. The number of anilines is 1. The minimum atomic E-state index is -3.83. The molecule has 32 heavy (non-hydrogen) atoms. The maximum absolute atomic E-state index is 13.0. The Morgan fingerprint density at radius 1 is 1.12 bits per heavy atom. The summed E-state index contributed by atoms with van der Waals surface area (Å²) in [5.74, 6) is 1.60. The highest BCUT2D eigenvalue weighted by atomic mass is 32.2. The van der Waals surface area contributed by atoms with E-state index in [4.69, 9.17) is 9.47 Å². The number of hydrogen-bond acceptors (Lipinski definition) is 6. The fraction of sp³-hybridized carbons (Fsp3) is 0.217. The van der Waals surface area contributed by atoms with Crippen molar-refractivity contribution >= 4 is 21.5 Å².